The molecule has 0 aromatic heterocycles. The van der Waals surface area contributed by atoms with Crippen LogP contribution in [0.5, 0.6) is 0 Å². The van der Waals surface area contributed by atoms with Gasteiger partial charge >= 0.3 is 0 Å². The Hall–Kier alpha value is -0.860. The monoisotopic (exact) mass is 221 g/mol. The molecule has 2 saturated carbocycles. The van der Waals surface area contributed by atoms with E-state index in [1.165, 1.54) is 32.1 Å². The molecule has 0 amide bonds. The molecule has 0 aromatic rings. The Labute approximate surface area is 96.1 Å². The van der Waals surface area contributed by atoms with Crippen LogP contribution in [0.2, 0.25) is 0 Å². The van der Waals surface area contributed by atoms with Crippen molar-refractivity contribution in [3.05, 3.63) is 21.8 Å². The smallest absolute Gasteiger partial charge is 0.207 e. The molecule has 3 unspecified atom stereocenters. The SMILES string of the molecule is O=[N+]([O-])CC1CC2CC(CCC3CC3)=CC21. The number of nitrogens with zero attached hydrogens (tertiary/aromatic N) is 1. The zero-order valence-electron chi connectivity index (χ0n) is 9.60. The maximum Gasteiger partial charge on any atom is 0.207 e. The predicted molar refractivity (Wildman–Crippen MR) is 61.6 cm³/mol. The molecule has 0 saturated heterocycles. The highest BCUT2D eigenvalue weighted by Crippen LogP contribution is 2.51. The maximum absolute atomic E-state index is 10.5. The summed E-state index contributed by atoms with van der Waals surface area (Å²) in [5, 5.41) is 10.5. The highest BCUT2D eigenvalue weighted by molar-refractivity contribution is 5.19. The van der Waals surface area contributed by atoms with Gasteiger partial charge in [0.15, 0.2) is 0 Å². The fraction of sp³-hybridized carbons (Fsp3) is 0.846. The fourth-order valence-corrected chi connectivity index (χ4v) is 3.43. The van der Waals surface area contributed by atoms with E-state index in [0.717, 1.165) is 18.3 Å². The van der Waals surface area contributed by atoms with Gasteiger partial charge in [-0.25, -0.2) is 0 Å². The molecule has 0 bridgehead atoms. The second kappa shape index (κ2) is 3.86. The molecule has 3 heteroatoms. The first-order valence-corrected chi connectivity index (χ1v) is 6.53. The van der Waals surface area contributed by atoms with Crippen LogP contribution in [0, 0.1) is 33.8 Å². The average Bonchev–Trinajstić information content (AvgIpc) is 2.97. The van der Waals surface area contributed by atoms with E-state index >= 15 is 0 Å². The second-order valence-corrected chi connectivity index (χ2v) is 5.86. The van der Waals surface area contributed by atoms with Gasteiger partial charge in [0, 0.05) is 10.8 Å². The lowest BCUT2D eigenvalue weighted by Crippen LogP contribution is -2.37. The standard InChI is InChI=1S/C13H19NO2/c15-14(16)8-12-7-11-5-10(6-13(11)12)4-3-9-1-2-9/h6,9,11-13H,1-5,7-8H2. The zero-order valence-corrected chi connectivity index (χ0v) is 9.60. The molecule has 0 aliphatic heterocycles. The summed E-state index contributed by atoms with van der Waals surface area (Å²) in [4.78, 5) is 10.3. The molecule has 0 aromatic carbocycles. The molecule has 3 atom stereocenters. The summed E-state index contributed by atoms with van der Waals surface area (Å²) in [6.07, 6.45) is 10.2. The van der Waals surface area contributed by atoms with Crippen LogP contribution in [0.15, 0.2) is 11.6 Å². The molecule has 2 fully saturated rings. The Kier molecular flexibility index (Phi) is 2.49. The van der Waals surface area contributed by atoms with E-state index in [-0.39, 0.29) is 11.5 Å². The second-order valence-electron chi connectivity index (χ2n) is 5.86. The van der Waals surface area contributed by atoms with Crippen molar-refractivity contribution in [1.29, 1.82) is 0 Å². The Morgan fingerprint density at radius 2 is 2.25 bits per heavy atom. The van der Waals surface area contributed by atoms with Gasteiger partial charge in [-0.3, -0.25) is 10.1 Å². The van der Waals surface area contributed by atoms with Crippen molar-refractivity contribution in [3.63, 3.8) is 0 Å². The van der Waals surface area contributed by atoms with Crippen LogP contribution < -0.4 is 0 Å². The van der Waals surface area contributed by atoms with E-state index in [0.29, 0.717) is 11.8 Å². The molecule has 3 aliphatic carbocycles. The van der Waals surface area contributed by atoms with Gasteiger partial charge in [-0.05, 0) is 43.4 Å². The molecule has 0 heterocycles. The summed E-state index contributed by atoms with van der Waals surface area (Å²) in [6, 6.07) is 0. The van der Waals surface area contributed by atoms with Crippen molar-refractivity contribution in [2.75, 3.05) is 6.54 Å². The first-order chi connectivity index (χ1) is 7.72. The van der Waals surface area contributed by atoms with E-state index in [1.807, 2.05) is 0 Å². The normalized spacial score (nSPS) is 36.5. The van der Waals surface area contributed by atoms with Gasteiger partial charge in [0.1, 0.15) is 0 Å². The number of nitro groups is 1. The molecule has 0 spiro atoms. The minimum atomic E-state index is -0.142. The Morgan fingerprint density at radius 3 is 2.94 bits per heavy atom. The summed E-state index contributed by atoms with van der Waals surface area (Å²) >= 11 is 0. The van der Waals surface area contributed by atoms with E-state index in [2.05, 4.69) is 6.08 Å². The summed E-state index contributed by atoms with van der Waals surface area (Å²) in [6.45, 7) is 0.188. The first-order valence-electron chi connectivity index (χ1n) is 6.53. The van der Waals surface area contributed by atoms with Gasteiger partial charge in [0.05, 0.1) is 0 Å². The lowest BCUT2D eigenvalue weighted by molar-refractivity contribution is -0.493. The van der Waals surface area contributed by atoms with Crippen molar-refractivity contribution in [3.8, 4) is 0 Å². The van der Waals surface area contributed by atoms with Crippen LogP contribution >= 0.6 is 0 Å². The highest BCUT2D eigenvalue weighted by atomic mass is 16.6. The molecule has 3 rings (SSSR count). The largest absolute Gasteiger partial charge is 0.265 e. The third-order valence-electron chi connectivity index (χ3n) is 4.60. The van der Waals surface area contributed by atoms with Gasteiger partial charge in [-0.1, -0.05) is 24.5 Å². The molecule has 0 radical (unpaired) electrons. The maximum atomic E-state index is 10.5. The number of rotatable bonds is 5. The molecule has 16 heavy (non-hydrogen) atoms. The quantitative estimate of drug-likeness (QED) is 0.407. The van der Waals surface area contributed by atoms with Gasteiger partial charge < -0.3 is 0 Å². The number of hydrogen-bond donors (Lipinski definition) is 0. The summed E-state index contributed by atoms with van der Waals surface area (Å²) < 4.78 is 0. The molecule has 0 N–H and O–H groups in total. The lowest BCUT2D eigenvalue weighted by Gasteiger charge is -2.37. The van der Waals surface area contributed by atoms with Crippen LogP contribution in [-0.4, -0.2) is 11.5 Å². The van der Waals surface area contributed by atoms with Crippen molar-refractivity contribution >= 4 is 0 Å². The van der Waals surface area contributed by atoms with E-state index in [4.69, 9.17) is 0 Å². The lowest BCUT2D eigenvalue weighted by atomic mass is 9.66. The fourth-order valence-electron chi connectivity index (χ4n) is 3.43. The Balaban J connectivity index is 1.50. The number of fused-ring (bicyclic) bond motifs is 1. The van der Waals surface area contributed by atoms with Crippen molar-refractivity contribution in [1.82, 2.24) is 0 Å². The van der Waals surface area contributed by atoms with Gasteiger partial charge in [-0.15, -0.1) is 0 Å². The molecule has 3 nitrogen and oxygen atoms in total. The predicted octanol–water partition coefficient (Wildman–Crippen LogP) is 3.04. The first kappa shape index (κ1) is 10.3. The van der Waals surface area contributed by atoms with Crippen molar-refractivity contribution in [2.45, 2.75) is 38.5 Å². The average molecular weight is 221 g/mol. The Morgan fingerprint density at radius 1 is 1.44 bits per heavy atom. The van der Waals surface area contributed by atoms with Crippen LogP contribution in [0.4, 0.5) is 0 Å². The van der Waals surface area contributed by atoms with Crippen molar-refractivity contribution < 1.29 is 4.92 Å². The van der Waals surface area contributed by atoms with Gasteiger partial charge in [0.2, 0.25) is 6.54 Å². The minimum Gasteiger partial charge on any atom is -0.265 e. The van der Waals surface area contributed by atoms with Crippen LogP contribution in [0.25, 0.3) is 0 Å². The molecule has 3 aliphatic rings. The van der Waals surface area contributed by atoms with Crippen molar-refractivity contribution in [2.24, 2.45) is 23.7 Å². The molecular weight excluding hydrogens is 202 g/mol. The number of allylic oxidation sites excluding steroid dienone is 2. The topological polar surface area (TPSA) is 43.1 Å². The Bertz CT molecular complexity index is 333. The van der Waals surface area contributed by atoms with Gasteiger partial charge in [0.25, 0.3) is 0 Å². The van der Waals surface area contributed by atoms with E-state index in [9.17, 15) is 10.1 Å². The molecule has 88 valence electrons. The minimum absolute atomic E-state index is 0.142. The van der Waals surface area contributed by atoms with Crippen LogP contribution in [0.1, 0.15) is 38.5 Å². The van der Waals surface area contributed by atoms with Crippen LogP contribution in [0.3, 0.4) is 0 Å². The molecular formula is C13H19NO2. The summed E-state index contributed by atoms with van der Waals surface area (Å²) in [5.74, 6) is 2.67. The third kappa shape index (κ3) is 2.00. The number of hydrogen-bond acceptors (Lipinski definition) is 2. The summed E-state index contributed by atoms with van der Waals surface area (Å²) in [7, 11) is 0. The highest BCUT2D eigenvalue weighted by Gasteiger charge is 2.45. The zero-order chi connectivity index (χ0) is 11.1. The third-order valence-corrected chi connectivity index (χ3v) is 4.60. The van der Waals surface area contributed by atoms with Gasteiger partial charge in [-0.2, -0.15) is 0 Å². The van der Waals surface area contributed by atoms with E-state index in [1.54, 1.807) is 5.57 Å². The summed E-state index contributed by atoms with van der Waals surface area (Å²) in [5.41, 5.74) is 1.60. The van der Waals surface area contributed by atoms with Crippen LogP contribution in [-0.2, 0) is 0 Å². The van der Waals surface area contributed by atoms with E-state index < -0.39 is 0 Å².